The van der Waals surface area contributed by atoms with Crippen LogP contribution in [0.4, 0.5) is 0 Å². The zero-order valence-electron chi connectivity index (χ0n) is 37.0. The van der Waals surface area contributed by atoms with Crippen LogP contribution in [-0.4, -0.2) is 24.6 Å². The molecule has 0 saturated carbocycles. The molecule has 0 saturated heterocycles. The van der Waals surface area contributed by atoms with Crippen molar-refractivity contribution in [3.8, 4) is 0 Å². The first kappa shape index (κ1) is 51.4. The molecule has 0 bridgehead atoms. The molecule has 0 aromatic heterocycles. The second kappa shape index (κ2) is 44.8. The van der Waals surface area contributed by atoms with Crippen LogP contribution in [0, 0.1) is 0 Å². The normalized spacial score (nSPS) is 12.3. The Bertz CT molecular complexity index is 519. The third-order valence-corrected chi connectivity index (χ3v) is 18.7. The quantitative estimate of drug-likeness (QED) is 0.0431. The molecule has 0 aliphatic rings. The molecule has 0 fully saturated rings. The molecule has 1 heteroatoms. The maximum absolute atomic E-state index is 2.61. The maximum atomic E-state index is 2.61. The second-order valence-electron chi connectivity index (χ2n) is 17.9. The minimum atomic E-state index is -1.08. The van der Waals surface area contributed by atoms with Gasteiger partial charge in [-0.3, -0.25) is 0 Å². The Balaban J connectivity index is 4.20. The van der Waals surface area contributed by atoms with Gasteiger partial charge in [0.25, 0.3) is 0 Å². The fourth-order valence-corrected chi connectivity index (χ4v) is 13.8. The van der Waals surface area contributed by atoms with Gasteiger partial charge in [0.15, 0.2) is 0 Å². The first-order chi connectivity index (χ1) is 25.2. The summed E-state index contributed by atoms with van der Waals surface area (Å²) >= 11 is 0. The summed E-state index contributed by atoms with van der Waals surface area (Å²) in [5, 5.41) is 0. The number of unbranched alkanes of at least 4 members (excludes halogenated alkanes) is 39. The molecule has 0 unspecified atom stereocenters. The molecule has 0 rings (SSSR count). The van der Waals surface area contributed by atoms with Crippen molar-refractivity contribution in [1.29, 1.82) is 0 Å². The Morgan fingerprint density at radius 3 is 0.451 bits per heavy atom. The standard InChI is InChI=1S/C50H105P/c1-5-9-12-15-18-21-24-27-30-33-36-39-42-45-48-51(8-4,49-46-43-40-37-34-31-28-25-22-19-16-13-10-6-2)50-47-44-41-38-35-32-29-26-23-20-17-14-11-7-3/h51H,5-50H2,1-4H3. The fraction of sp³-hybridized carbons (Fsp3) is 1.00. The van der Waals surface area contributed by atoms with Crippen LogP contribution in [0.5, 0.6) is 0 Å². The van der Waals surface area contributed by atoms with Crippen LogP contribution in [0.25, 0.3) is 0 Å². The van der Waals surface area contributed by atoms with E-state index in [1.165, 1.54) is 250 Å². The van der Waals surface area contributed by atoms with Crippen molar-refractivity contribution in [2.24, 2.45) is 0 Å². The van der Waals surface area contributed by atoms with Crippen molar-refractivity contribution >= 4 is 7.26 Å². The zero-order valence-corrected chi connectivity index (χ0v) is 38.0. The van der Waals surface area contributed by atoms with Crippen LogP contribution < -0.4 is 0 Å². The summed E-state index contributed by atoms with van der Waals surface area (Å²) in [5.41, 5.74) is 0. The predicted octanol–water partition coefficient (Wildman–Crippen LogP) is 19.2. The average Bonchev–Trinajstić information content (AvgIpc) is 3.14. The molecule has 0 heterocycles. The third-order valence-electron chi connectivity index (χ3n) is 12.9. The van der Waals surface area contributed by atoms with Gasteiger partial charge < -0.3 is 0 Å². The summed E-state index contributed by atoms with van der Waals surface area (Å²) in [7, 11) is -1.08. The molecule has 0 radical (unpaired) electrons. The van der Waals surface area contributed by atoms with Crippen LogP contribution in [0.2, 0.25) is 0 Å². The summed E-state index contributed by atoms with van der Waals surface area (Å²) in [6.07, 6.45) is 69.2. The Kier molecular flexibility index (Phi) is 45.2. The van der Waals surface area contributed by atoms with Crippen LogP contribution in [-0.2, 0) is 0 Å². The van der Waals surface area contributed by atoms with E-state index in [1.807, 2.05) is 0 Å². The monoisotopic (exact) mass is 737 g/mol. The van der Waals surface area contributed by atoms with E-state index in [2.05, 4.69) is 27.7 Å². The molecule has 51 heavy (non-hydrogen) atoms. The van der Waals surface area contributed by atoms with E-state index in [-0.39, 0.29) is 0 Å². The first-order valence-electron chi connectivity index (χ1n) is 25.2. The smallest absolute Gasteiger partial charge is 0.0654 e. The van der Waals surface area contributed by atoms with E-state index in [4.69, 9.17) is 0 Å². The molecule has 0 atom stereocenters. The summed E-state index contributed by atoms with van der Waals surface area (Å²) in [6, 6.07) is 0. The van der Waals surface area contributed by atoms with E-state index in [0.717, 1.165) is 0 Å². The predicted molar refractivity (Wildman–Crippen MR) is 244 cm³/mol. The van der Waals surface area contributed by atoms with Gasteiger partial charge in [-0.1, -0.05) is 78.6 Å². The van der Waals surface area contributed by atoms with Gasteiger partial charge in [-0.2, -0.15) is 0 Å². The van der Waals surface area contributed by atoms with Gasteiger partial charge in [-0.25, -0.2) is 0 Å². The van der Waals surface area contributed by atoms with Crippen LogP contribution in [0.3, 0.4) is 0 Å². The van der Waals surface area contributed by atoms with Gasteiger partial charge in [0.1, 0.15) is 0 Å². The third kappa shape index (κ3) is 39.9. The molecule has 0 aliphatic heterocycles. The van der Waals surface area contributed by atoms with E-state index in [0.29, 0.717) is 0 Å². The van der Waals surface area contributed by atoms with Crippen molar-refractivity contribution < 1.29 is 0 Å². The average molecular weight is 737 g/mol. The number of rotatable bonds is 46. The molecule has 0 aliphatic carbocycles. The van der Waals surface area contributed by atoms with E-state index >= 15 is 0 Å². The number of hydrogen-bond acceptors (Lipinski definition) is 0. The summed E-state index contributed by atoms with van der Waals surface area (Å²) < 4.78 is 0. The molecule has 0 spiro atoms. The van der Waals surface area contributed by atoms with Crippen molar-refractivity contribution in [3.05, 3.63) is 0 Å². The zero-order chi connectivity index (χ0) is 37.0. The van der Waals surface area contributed by atoms with E-state index in [1.54, 1.807) is 43.9 Å². The van der Waals surface area contributed by atoms with Gasteiger partial charge in [0, 0.05) is 0 Å². The number of hydrogen-bond donors (Lipinski definition) is 0. The van der Waals surface area contributed by atoms with Gasteiger partial charge in [0.2, 0.25) is 0 Å². The van der Waals surface area contributed by atoms with Crippen molar-refractivity contribution in [2.75, 3.05) is 24.6 Å². The van der Waals surface area contributed by atoms with Gasteiger partial charge in [-0.15, -0.1) is 0 Å². The SMILES string of the molecule is CCCCCCCCCCCCCCCC[PH](CC)(CCCCCCCCCCCCCCCC)CCCCCCCCCCCCCCCC. The summed E-state index contributed by atoms with van der Waals surface area (Å²) in [4.78, 5) is 0. The van der Waals surface area contributed by atoms with Crippen LogP contribution in [0.1, 0.15) is 297 Å². The molecule has 0 aromatic rings. The van der Waals surface area contributed by atoms with Gasteiger partial charge in [0.05, 0.1) is 0 Å². The topological polar surface area (TPSA) is 0 Å². The van der Waals surface area contributed by atoms with Gasteiger partial charge in [-0.05, 0) is 0 Å². The van der Waals surface area contributed by atoms with E-state index < -0.39 is 7.26 Å². The summed E-state index contributed by atoms with van der Waals surface area (Å²) in [6.45, 7) is 9.59. The van der Waals surface area contributed by atoms with Crippen LogP contribution >= 0.6 is 7.26 Å². The molecule has 0 nitrogen and oxygen atoms in total. The fourth-order valence-electron chi connectivity index (χ4n) is 8.99. The van der Waals surface area contributed by atoms with Crippen molar-refractivity contribution in [2.45, 2.75) is 297 Å². The Morgan fingerprint density at radius 1 is 0.176 bits per heavy atom. The van der Waals surface area contributed by atoms with Crippen molar-refractivity contribution in [3.63, 3.8) is 0 Å². The van der Waals surface area contributed by atoms with E-state index in [9.17, 15) is 0 Å². The molecule has 310 valence electrons. The Hall–Kier alpha value is 0.430. The minimum absolute atomic E-state index is 1.08. The molecular formula is C50H105P. The minimum Gasteiger partial charge on any atom is -0.0654 e. The Morgan fingerprint density at radius 2 is 0.314 bits per heavy atom. The molecular weight excluding hydrogens is 632 g/mol. The van der Waals surface area contributed by atoms with Crippen LogP contribution in [0.15, 0.2) is 0 Å². The van der Waals surface area contributed by atoms with Crippen molar-refractivity contribution in [1.82, 2.24) is 0 Å². The molecule has 0 aromatic carbocycles. The summed E-state index contributed by atoms with van der Waals surface area (Å²) in [5.74, 6) is 0. The van der Waals surface area contributed by atoms with Gasteiger partial charge >= 0.3 is 251 Å². The Labute approximate surface area is 328 Å². The molecule has 0 N–H and O–H groups in total. The second-order valence-corrected chi connectivity index (χ2v) is 23.1. The molecule has 0 amide bonds. The first-order valence-corrected chi connectivity index (χ1v) is 28.1.